The van der Waals surface area contributed by atoms with Gasteiger partial charge in [-0.3, -0.25) is 4.79 Å². The minimum absolute atomic E-state index is 0.0186. The number of aromatic hydroxyl groups is 1. The van der Waals surface area contributed by atoms with Gasteiger partial charge in [0.1, 0.15) is 11.5 Å². The van der Waals surface area contributed by atoms with Gasteiger partial charge in [0, 0.05) is 18.8 Å². The number of phenolic OH excluding ortho intramolecular Hbond substituents is 1. The molecule has 3 heteroatoms. The minimum atomic E-state index is -0.540. The molecule has 26 heavy (non-hydrogen) atoms. The Morgan fingerprint density at radius 2 is 1.88 bits per heavy atom. The topological polar surface area (TPSA) is 57.5 Å². The van der Waals surface area contributed by atoms with Crippen LogP contribution in [-0.2, 0) is 10.2 Å². The Morgan fingerprint density at radius 1 is 1.19 bits per heavy atom. The van der Waals surface area contributed by atoms with E-state index in [1.165, 1.54) is 25.7 Å². The van der Waals surface area contributed by atoms with E-state index in [4.69, 9.17) is 0 Å². The van der Waals surface area contributed by atoms with Crippen LogP contribution in [0.3, 0.4) is 0 Å². The summed E-state index contributed by atoms with van der Waals surface area (Å²) in [5.74, 6) is 0.117. The fourth-order valence-corrected chi connectivity index (χ4v) is 3.73. The highest BCUT2D eigenvalue weighted by molar-refractivity contribution is 5.80. The second-order valence-electron chi connectivity index (χ2n) is 7.92. The van der Waals surface area contributed by atoms with Gasteiger partial charge in [0.2, 0.25) is 0 Å². The van der Waals surface area contributed by atoms with E-state index in [1.807, 2.05) is 12.1 Å². The average molecular weight is 361 g/mol. The molecule has 0 aromatic heterocycles. The fraction of sp³-hybridized carbons (Fsp3) is 0.609. The van der Waals surface area contributed by atoms with Gasteiger partial charge in [0.05, 0.1) is 6.10 Å². The molecule has 0 heterocycles. The highest BCUT2D eigenvalue weighted by Gasteiger charge is 2.31. The average Bonchev–Trinajstić information content (AvgIpc) is 2.62. The largest absolute Gasteiger partial charge is 0.508 e. The molecule has 1 aromatic rings. The predicted molar refractivity (Wildman–Crippen MR) is 109 cm³/mol. The lowest BCUT2D eigenvalue weighted by Gasteiger charge is -2.30. The van der Waals surface area contributed by atoms with Crippen molar-refractivity contribution in [1.82, 2.24) is 0 Å². The van der Waals surface area contributed by atoms with Crippen molar-refractivity contribution in [3.63, 3.8) is 0 Å². The number of Topliss-reactive ketones (excluding diaryl/α,β-unsaturated/α-hetero) is 1. The molecule has 1 fully saturated rings. The molecule has 2 unspecified atom stereocenters. The predicted octanol–water partition coefficient (Wildman–Crippen LogP) is 5.64. The van der Waals surface area contributed by atoms with Gasteiger partial charge in [-0.2, -0.15) is 0 Å². The number of ketones is 1. The molecule has 146 valence electrons. The molecule has 0 saturated heterocycles. The van der Waals surface area contributed by atoms with Crippen LogP contribution in [0.2, 0.25) is 0 Å². The molecular formula is C23H36O3. The van der Waals surface area contributed by atoms with Crippen molar-refractivity contribution in [3.05, 3.63) is 42.5 Å². The zero-order valence-electron chi connectivity index (χ0n) is 16.8. The summed E-state index contributed by atoms with van der Waals surface area (Å²) >= 11 is 0. The summed E-state index contributed by atoms with van der Waals surface area (Å²) in [6.45, 7) is 12.6. The number of phenols is 1. The monoisotopic (exact) mass is 360 g/mol. The summed E-state index contributed by atoms with van der Waals surface area (Å²) in [4.78, 5) is 11.7. The molecule has 2 atom stereocenters. The molecule has 2 N–H and O–H groups in total. The molecule has 0 radical (unpaired) electrons. The van der Waals surface area contributed by atoms with Crippen LogP contribution in [0.4, 0.5) is 0 Å². The Morgan fingerprint density at radius 3 is 2.50 bits per heavy atom. The zero-order valence-corrected chi connectivity index (χ0v) is 16.8. The van der Waals surface area contributed by atoms with Crippen molar-refractivity contribution in [1.29, 1.82) is 0 Å². The summed E-state index contributed by atoms with van der Waals surface area (Å²) in [7, 11) is 0. The number of unbranched alkanes of at least 4 members (excludes halogenated alkanes) is 3. The van der Waals surface area contributed by atoms with Crippen LogP contribution in [0, 0.1) is 0 Å². The van der Waals surface area contributed by atoms with Gasteiger partial charge in [-0.05, 0) is 35.4 Å². The third kappa shape index (κ3) is 5.98. The lowest BCUT2D eigenvalue weighted by atomic mass is 9.77. The Labute approximate surface area is 159 Å². The van der Waals surface area contributed by atoms with Crippen LogP contribution in [0.25, 0.3) is 0 Å². The van der Waals surface area contributed by atoms with E-state index in [0.29, 0.717) is 24.8 Å². The van der Waals surface area contributed by atoms with E-state index in [9.17, 15) is 15.0 Å². The van der Waals surface area contributed by atoms with Crippen molar-refractivity contribution in [2.24, 2.45) is 0 Å². The summed E-state index contributed by atoms with van der Waals surface area (Å²) in [6.07, 6.45) is 6.77. The molecule has 0 aliphatic heterocycles. The number of carbonyl (C=O) groups is 1. The standard InChI is InChI=1S/C21H32O3.C2H4/c1-4-5-6-7-12-21(2,3)15-8-10-17(20(24)13-15)18-14-16(22)9-11-19(18)23;1-2/h8,10,13,18-19,23-24H,4-7,9,11-12,14H2,1-3H3;1-2H2. The van der Waals surface area contributed by atoms with Gasteiger partial charge < -0.3 is 10.2 Å². The van der Waals surface area contributed by atoms with E-state index in [0.717, 1.165) is 12.0 Å². The molecule has 1 aliphatic rings. The molecule has 1 aliphatic carbocycles. The highest BCUT2D eigenvalue weighted by Crippen LogP contribution is 2.39. The van der Waals surface area contributed by atoms with Crippen molar-refractivity contribution < 1.29 is 15.0 Å². The molecule has 2 rings (SSSR count). The first-order valence-corrected chi connectivity index (χ1v) is 9.88. The molecule has 0 amide bonds. The van der Waals surface area contributed by atoms with Crippen LogP contribution < -0.4 is 0 Å². The zero-order chi connectivity index (χ0) is 19.7. The summed E-state index contributed by atoms with van der Waals surface area (Å²) in [5, 5.41) is 20.7. The van der Waals surface area contributed by atoms with Crippen molar-refractivity contribution in [2.45, 2.75) is 89.6 Å². The first kappa shape index (κ1) is 22.4. The quantitative estimate of drug-likeness (QED) is 0.489. The van der Waals surface area contributed by atoms with E-state index in [-0.39, 0.29) is 22.9 Å². The van der Waals surface area contributed by atoms with Crippen LogP contribution in [0.15, 0.2) is 31.4 Å². The molecule has 0 spiro atoms. The fourth-order valence-electron chi connectivity index (χ4n) is 3.73. The molecule has 1 saturated carbocycles. The van der Waals surface area contributed by atoms with Gasteiger partial charge >= 0.3 is 0 Å². The number of benzene rings is 1. The lowest BCUT2D eigenvalue weighted by molar-refractivity contribution is -0.122. The number of carbonyl (C=O) groups excluding carboxylic acids is 1. The number of aliphatic hydroxyl groups excluding tert-OH is 1. The smallest absolute Gasteiger partial charge is 0.133 e. The first-order valence-electron chi connectivity index (χ1n) is 9.88. The minimum Gasteiger partial charge on any atom is -0.508 e. The Kier molecular flexibility index (Phi) is 9.07. The highest BCUT2D eigenvalue weighted by atomic mass is 16.3. The number of hydrogen-bond acceptors (Lipinski definition) is 3. The SMILES string of the molecule is C=C.CCCCCCC(C)(C)c1ccc(C2CC(=O)CCC2O)c(O)c1. The summed E-state index contributed by atoms with van der Waals surface area (Å²) in [5.41, 5.74) is 1.85. The van der Waals surface area contributed by atoms with Crippen molar-refractivity contribution >= 4 is 5.78 Å². The van der Waals surface area contributed by atoms with Gasteiger partial charge in [-0.25, -0.2) is 0 Å². The van der Waals surface area contributed by atoms with Crippen molar-refractivity contribution in [3.8, 4) is 5.75 Å². The maximum atomic E-state index is 11.7. The summed E-state index contributed by atoms with van der Waals surface area (Å²) in [6, 6.07) is 5.80. The van der Waals surface area contributed by atoms with Gasteiger partial charge in [0.25, 0.3) is 0 Å². The molecular weight excluding hydrogens is 324 g/mol. The Hall–Kier alpha value is -1.61. The molecule has 1 aromatic carbocycles. The maximum absolute atomic E-state index is 11.7. The second kappa shape index (κ2) is 10.5. The van der Waals surface area contributed by atoms with Crippen LogP contribution >= 0.6 is 0 Å². The van der Waals surface area contributed by atoms with E-state index >= 15 is 0 Å². The van der Waals surface area contributed by atoms with Crippen LogP contribution in [0.5, 0.6) is 5.75 Å². The van der Waals surface area contributed by atoms with Gasteiger partial charge in [0.15, 0.2) is 0 Å². The van der Waals surface area contributed by atoms with Gasteiger partial charge in [-0.15, -0.1) is 13.2 Å². The first-order chi connectivity index (χ1) is 12.3. The van der Waals surface area contributed by atoms with E-state index < -0.39 is 6.10 Å². The van der Waals surface area contributed by atoms with E-state index in [2.05, 4.69) is 40.0 Å². The number of aliphatic hydroxyl groups is 1. The van der Waals surface area contributed by atoms with Crippen molar-refractivity contribution in [2.75, 3.05) is 0 Å². The van der Waals surface area contributed by atoms with Gasteiger partial charge in [-0.1, -0.05) is 58.6 Å². The third-order valence-corrected chi connectivity index (χ3v) is 5.50. The normalized spacial score (nSPS) is 20.4. The Balaban J connectivity index is 0.00000163. The lowest BCUT2D eigenvalue weighted by Crippen LogP contribution is -2.27. The van der Waals surface area contributed by atoms with Crippen LogP contribution in [-0.4, -0.2) is 22.1 Å². The van der Waals surface area contributed by atoms with Crippen LogP contribution in [0.1, 0.15) is 89.2 Å². The van der Waals surface area contributed by atoms with E-state index in [1.54, 1.807) is 0 Å². The number of hydrogen-bond donors (Lipinski definition) is 2. The third-order valence-electron chi connectivity index (χ3n) is 5.50. The molecule has 3 nitrogen and oxygen atoms in total. The Bertz CT molecular complexity index is 577. The maximum Gasteiger partial charge on any atom is 0.133 e. The second-order valence-corrected chi connectivity index (χ2v) is 7.92. The summed E-state index contributed by atoms with van der Waals surface area (Å²) < 4.78 is 0. The number of rotatable bonds is 7. The molecule has 0 bridgehead atoms.